The number of hydrogen-bond donors (Lipinski definition) is 2. The molecule has 0 saturated heterocycles. The molecule has 0 spiro atoms. The van der Waals surface area contributed by atoms with Gasteiger partial charge in [0.25, 0.3) is 0 Å². The van der Waals surface area contributed by atoms with Gasteiger partial charge in [-0.1, -0.05) is 24.3 Å². The molecule has 158 valence electrons. The van der Waals surface area contributed by atoms with Crippen molar-refractivity contribution in [2.24, 2.45) is 0 Å². The van der Waals surface area contributed by atoms with Crippen LogP contribution in [-0.2, 0) is 23.2 Å². The summed E-state index contributed by atoms with van der Waals surface area (Å²) >= 11 is 0. The molecule has 0 unspecified atom stereocenters. The molecule has 2 aromatic rings. The molecule has 2 rings (SSSR count). The number of nitrogens with one attached hydrogen (secondary N) is 2. The van der Waals surface area contributed by atoms with E-state index in [2.05, 4.69) is 10.6 Å². The van der Waals surface area contributed by atoms with E-state index in [0.29, 0.717) is 11.1 Å². The third-order valence-corrected chi connectivity index (χ3v) is 4.09. The van der Waals surface area contributed by atoms with Gasteiger partial charge >= 0.3 is 8.25 Å². The van der Waals surface area contributed by atoms with Crippen LogP contribution in [0.4, 0.5) is 8.78 Å². The van der Waals surface area contributed by atoms with Gasteiger partial charge in [-0.3, -0.25) is 20.2 Å². The monoisotopic (exact) mass is 436 g/mol. The smallest absolute Gasteiger partial charge is 0.401 e. The van der Waals surface area contributed by atoms with E-state index in [1.807, 2.05) is 0 Å². The van der Waals surface area contributed by atoms with E-state index >= 15 is 0 Å². The molecule has 0 aliphatic heterocycles. The van der Waals surface area contributed by atoms with Crippen molar-refractivity contribution in [2.75, 3.05) is 0 Å². The van der Waals surface area contributed by atoms with Crippen LogP contribution in [0.25, 0.3) is 12.2 Å². The van der Waals surface area contributed by atoms with Gasteiger partial charge in [-0.25, -0.2) is 13.3 Å². The molecular formula is C20H19F2N2O5P. The molecule has 0 bridgehead atoms. The predicted molar refractivity (Wildman–Crippen MR) is 108 cm³/mol. The molecule has 10 heteroatoms. The highest BCUT2D eigenvalue weighted by Crippen LogP contribution is 2.31. The molecule has 0 atom stereocenters. The summed E-state index contributed by atoms with van der Waals surface area (Å²) in [6.07, 6.45) is 2.66. The van der Waals surface area contributed by atoms with Gasteiger partial charge in [-0.05, 0) is 35.4 Å². The SMILES string of the molecule is CC(=O)NC(=Cc1ccc(F)cc1)O[PH](=O)OC(=Cc1ccc(F)cc1)NC(C)=O. The van der Waals surface area contributed by atoms with Crippen molar-refractivity contribution in [2.45, 2.75) is 13.8 Å². The van der Waals surface area contributed by atoms with Crippen LogP contribution in [-0.4, -0.2) is 11.8 Å². The highest BCUT2D eigenvalue weighted by atomic mass is 31.1. The van der Waals surface area contributed by atoms with E-state index in [0.717, 1.165) is 0 Å². The van der Waals surface area contributed by atoms with Crippen LogP contribution in [0.1, 0.15) is 25.0 Å². The topological polar surface area (TPSA) is 93.7 Å². The lowest BCUT2D eigenvalue weighted by atomic mass is 10.2. The summed E-state index contributed by atoms with van der Waals surface area (Å²) in [5, 5.41) is 4.69. The summed E-state index contributed by atoms with van der Waals surface area (Å²) in [7, 11) is -3.30. The van der Waals surface area contributed by atoms with Gasteiger partial charge in [0.05, 0.1) is 0 Å². The summed E-state index contributed by atoms with van der Waals surface area (Å²) in [6.45, 7) is 2.44. The minimum absolute atomic E-state index is 0.193. The number of benzene rings is 2. The van der Waals surface area contributed by atoms with Crippen molar-refractivity contribution < 1.29 is 32.0 Å². The fourth-order valence-electron chi connectivity index (χ4n) is 2.15. The quantitative estimate of drug-likeness (QED) is 0.483. The summed E-state index contributed by atoms with van der Waals surface area (Å²) in [4.78, 5) is 22.8. The molecule has 2 amide bonds. The Bertz CT molecular complexity index is 910. The fourth-order valence-corrected chi connectivity index (χ4v) is 2.77. The highest BCUT2D eigenvalue weighted by Gasteiger charge is 2.12. The lowest BCUT2D eigenvalue weighted by Crippen LogP contribution is -2.21. The third-order valence-electron chi connectivity index (χ3n) is 3.32. The van der Waals surface area contributed by atoms with Crippen LogP contribution < -0.4 is 10.6 Å². The second kappa shape index (κ2) is 10.9. The molecule has 0 heterocycles. The first-order valence-corrected chi connectivity index (χ1v) is 9.83. The van der Waals surface area contributed by atoms with Gasteiger partial charge in [0, 0.05) is 26.0 Å². The average Bonchev–Trinajstić information content (AvgIpc) is 2.64. The van der Waals surface area contributed by atoms with Crippen molar-refractivity contribution in [3.05, 3.63) is 83.1 Å². The lowest BCUT2D eigenvalue weighted by molar-refractivity contribution is -0.119. The Morgan fingerprint density at radius 3 is 1.40 bits per heavy atom. The molecule has 30 heavy (non-hydrogen) atoms. The van der Waals surface area contributed by atoms with Gasteiger partial charge in [0.2, 0.25) is 23.6 Å². The van der Waals surface area contributed by atoms with Crippen LogP contribution >= 0.6 is 8.25 Å². The maximum absolute atomic E-state index is 13.0. The Morgan fingerprint density at radius 1 is 0.767 bits per heavy atom. The summed E-state index contributed by atoms with van der Waals surface area (Å²) in [5.41, 5.74) is 0.942. The zero-order valence-corrected chi connectivity index (χ0v) is 17.1. The van der Waals surface area contributed by atoms with Crippen molar-refractivity contribution in [1.29, 1.82) is 0 Å². The Morgan fingerprint density at radius 2 is 1.10 bits per heavy atom. The number of rotatable bonds is 8. The summed E-state index contributed by atoms with van der Waals surface area (Å²) in [5.74, 6) is -2.28. The van der Waals surface area contributed by atoms with Crippen molar-refractivity contribution in [1.82, 2.24) is 10.6 Å². The summed E-state index contributed by atoms with van der Waals surface area (Å²) < 4.78 is 48.8. The first-order chi connectivity index (χ1) is 14.2. The molecule has 0 radical (unpaired) electrons. The van der Waals surface area contributed by atoms with Gasteiger partial charge in [0.15, 0.2) is 0 Å². The standard InChI is InChI=1S/C20H19F2N2O5P/c1-13(25)23-19(11-15-3-7-17(21)8-4-15)28-30(27)29-20(24-14(2)26)12-16-5-9-18(22)10-6-16/h3-12,30H,1-2H3,(H,23,25)(H,24,26). The number of carbonyl (C=O) groups excluding carboxylic acids is 2. The Balaban J connectivity index is 2.19. The van der Waals surface area contributed by atoms with E-state index in [1.165, 1.54) is 74.5 Å². The number of hydrogen-bond acceptors (Lipinski definition) is 5. The van der Waals surface area contributed by atoms with Crippen molar-refractivity contribution in [3.8, 4) is 0 Å². The Labute approximate surface area is 172 Å². The van der Waals surface area contributed by atoms with E-state index in [9.17, 15) is 22.9 Å². The highest BCUT2D eigenvalue weighted by molar-refractivity contribution is 7.33. The molecule has 2 N–H and O–H groups in total. The molecule has 0 fully saturated rings. The van der Waals surface area contributed by atoms with Crippen LogP contribution in [0.15, 0.2) is 60.3 Å². The second-order valence-electron chi connectivity index (χ2n) is 5.94. The Hall–Kier alpha value is -3.45. The molecular weight excluding hydrogens is 417 g/mol. The van der Waals surface area contributed by atoms with E-state index in [1.54, 1.807) is 0 Å². The van der Waals surface area contributed by atoms with Gasteiger partial charge < -0.3 is 9.05 Å². The molecule has 0 aliphatic rings. The minimum atomic E-state index is -3.30. The van der Waals surface area contributed by atoms with E-state index in [4.69, 9.17) is 9.05 Å². The molecule has 2 aromatic carbocycles. The normalized spacial score (nSPS) is 12.7. The van der Waals surface area contributed by atoms with Gasteiger partial charge in [-0.2, -0.15) is 0 Å². The number of carbonyl (C=O) groups is 2. The van der Waals surface area contributed by atoms with Gasteiger partial charge in [0.1, 0.15) is 11.6 Å². The molecule has 7 nitrogen and oxygen atoms in total. The van der Waals surface area contributed by atoms with Crippen LogP contribution in [0.3, 0.4) is 0 Å². The first-order valence-electron chi connectivity index (χ1n) is 8.60. The number of amides is 2. The van der Waals surface area contributed by atoms with Crippen LogP contribution in [0.5, 0.6) is 0 Å². The maximum Gasteiger partial charge on any atom is 0.421 e. The third kappa shape index (κ3) is 8.28. The maximum atomic E-state index is 13.0. The second-order valence-corrected chi connectivity index (χ2v) is 6.85. The van der Waals surface area contributed by atoms with Crippen molar-refractivity contribution in [3.63, 3.8) is 0 Å². The zero-order valence-electron chi connectivity index (χ0n) is 16.1. The number of halogens is 2. The fraction of sp³-hybridized carbons (Fsp3) is 0.100. The van der Waals surface area contributed by atoms with Gasteiger partial charge in [-0.15, -0.1) is 0 Å². The Kier molecular flexibility index (Phi) is 8.31. The molecule has 0 aromatic heterocycles. The minimum Gasteiger partial charge on any atom is -0.401 e. The van der Waals surface area contributed by atoms with E-state index in [-0.39, 0.29) is 11.8 Å². The predicted octanol–water partition coefficient (Wildman–Crippen LogP) is 3.96. The molecule has 0 aliphatic carbocycles. The van der Waals surface area contributed by atoms with Crippen molar-refractivity contribution >= 4 is 32.2 Å². The van der Waals surface area contributed by atoms with E-state index < -0.39 is 31.7 Å². The average molecular weight is 436 g/mol. The molecule has 0 saturated carbocycles. The van der Waals surface area contributed by atoms with Crippen LogP contribution in [0, 0.1) is 11.6 Å². The first kappa shape index (κ1) is 22.8. The lowest BCUT2D eigenvalue weighted by Gasteiger charge is -2.14. The largest absolute Gasteiger partial charge is 0.421 e. The summed E-state index contributed by atoms with van der Waals surface area (Å²) in [6, 6.07) is 10.5. The van der Waals surface area contributed by atoms with Crippen LogP contribution in [0.2, 0.25) is 0 Å². The zero-order chi connectivity index (χ0) is 22.1.